The number of anilines is 1. The monoisotopic (exact) mass is 446 g/mol. The number of aryl methyl sites for hydroxylation is 1. The number of nitrogens with one attached hydrogen (secondary N) is 2. The van der Waals surface area contributed by atoms with Crippen LogP contribution < -0.4 is 14.8 Å². The molecular weight excluding hydrogens is 424 g/mol. The van der Waals surface area contributed by atoms with E-state index in [-0.39, 0.29) is 23.6 Å². The van der Waals surface area contributed by atoms with E-state index in [9.17, 15) is 13.2 Å². The van der Waals surface area contributed by atoms with Gasteiger partial charge in [-0.05, 0) is 53.7 Å². The second kappa shape index (κ2) is 9.64. The molecule has 1 heterocycles. The lowest BCUT2D eigenvalue weighted by molar-refractivity contribution is 0.102. The van der Waals surface area contributed by atoms with Crippen LogP contribution in [0.1, 0.15) is 16.2 Å². The van der Waals surface area contributed by atoms with Crippen LogP contribution in [0.25, 0.3) is 5.69 Å². The molecule has 2 N–H and O–H groups in total. The molecular formula is C19H22N6O5S. The van der Waals surface area contributed by atoms with E-state index in [0.29, 0.717) is 22.9 Å². The molecule has 3 rings (SSSR count). The number of nitrogens with zero attached hydrogens (tertiary/aromatic N) is 4. The van der Waals surface area contributed by atoms with Crippen LogP contribution in [0.5, 0.6) is 5.75 Å². The number of rotatable bonds is 9. The Morgan fingerprint density at radius 3 is 2.65 bits per heavy atom. The molecule has 0 unspecified atom stereocenters. The summed E-state index contributed by atoms with van der Waals surface area (Å²) in [4.78, 5) is 12.7. The van der Waals surface area contributed by atoms with Gasteiger partial charge in [-0.1, -0.05) is 6.07 Å². The molecule has 1 amide bonds. The first-order chi connectivity index (χ1) is 14.9. The highest BCUT2D eigenvalue weighted by Crippen LogP contribution is 2.26. The average molecular weight is 446 g/mol. The first-order valence-electron chi connectivity index (χ1n) is 9.19. The van der Waals surface area contributed by atoms with Gasteiger partial charge in [0.2, 0.25) is 10.0 Å². The molecule has 0 bridgehead atoms. The first-order valence-corrected chi connectivity index (χ1v) is 10.7. The third-order valence-corrected chi connectivity index (χ3v) is 5.75. The Bertz CT molecular complexity index is 1180. The average Bonchev–Trinajstić information content (AvgIpc) is 3.19. The van der Waals surface area contributed by atoms with E-state index in [1.165, 1.54) is 43.2 Å². The van der Waals surface area contributed by atoms with Gasteiger partial charge in [0.25, 0.3) is 5.91 Å². The summed E-state index contributed by atoms with van der Waals surface area (Å²) in [6.07, 6.45) is 0. The molecule has 1 aromatic heterocycles. The van der Waals surface area contributed by atoms with Crippen LogP contribution in [0.15, 0.2) is 47.4 Å². The van der Waals surface area contributed by atoms with Gasteiger partial charge < -0.3 is 14.8 Å². The maximum Gasteiger partial charge on any atom is 0.255 e. The molecule has 0 aliphatic heterocycles. The summed E-state index contributed by atoms with van der Waals surface area (Å²) in [6, 6.07) is 10.7. The molecule has 0 fully saturated rings. The zero-order valence-electron chi connectivity index (χ0n) is 17.2. The van der Waals surface area contributed by atoms with E-state index in [0.717, 1.165) is 0 Å². The molecule has 3 aromatic rings. The highest BCUT2D eigenvalue weighted by Gasteiger charge is 2.17. The lowest BCUT2D eigenvalue weighted by Crippen LogP contribution is -2.27. The molecule has 0 spiro atoms. The second-order valence-electron chi connectivity index (χ2n) is 6.40. The Morgan fingerprint density at radius 2 is 1.97 bits per heavy atom. The minimum absolute atomic E-state index is 0.0176. The maximum absolute atomic E-state index is 12.7. The number of methoxy groups -OCH3 is 2. The lowest BCUT2D eigenvalue weighted by Gasteiger charge is -2.12. The Labute approximate surface area is 179 Å². The zero-order chi connectivity index (χ0) is 22.4. The summed E-state index contributed by atoms with van der Waals surface area (Å²) >= 11 is 0. The number of sulfonamides is 1. The molecule has 11 nitrogen and oxygen atoms in total. The number of carbonyl (C=O) groups excluding carboxylic acids is 1. The molecule has 0 saturated carbocycles. The summed E-state index contributed by atoms with van der Waals surface area (Å²) in [5.41, 5.74) is 1.19. The van der Waals surface area contributed by atoms with Crippen molar-refractivity contribution in [2.45, 2.75) is 11.8 Å². The molecule has 31 heavy (non-hydrogen) atoms. The Hall–Kier alpha value is -3.35. The van der Waals surface area contributed by atoms with Crippen LogP contribution in [0.3, 0.4) is 0 Å². The molecule has 0 saturated heterocycles. The fourth-order valence-electron chi connectivity index (χ4n) is 2.76. The molecule has 0 aliphatic carbocycles. The van der Waals surface area contributed by atoms with E-state index in [1.54, 1.807) is 25.1 Å². The van der Waals surface area contributed by atoms with Gasteiger partial charge >= 0.3 is 0 Å². The van der Waals surface area contributed by atoms with Crippen molar-refractivity contribution < 1.29 is 22.7 Å². The maximum atomic E-state index is 12.7. The molecule has 164 valence electrons. The first kappa shape index (κ1) is 22.3. The van der Waals surface area contributed by atoms with Crippen LogP contribution in [0.2, 0.25) is 0 Å². The van der Waals surface area contributed by atoms with Crippen LogP contribution in [0.4, 0.5) is 5.69 Å². The second-order valence-corrected chi connectivity index (χ2v) is 8.16. The molecule has 0 atom stereocenters. The Kier molecular flexibility index (Phi) is 6.95. The van der Waals surface area contributed by atoms with Crippen molar-refractivity contribution >= 4 is 21.6 Å². The molecule has 0 aliphatic rings. The largest absolute Gasteiger partial charge is 0.494 e. The number of ether oxygens (including phenoxy) is 2. The normalized spacial score (nSPS) is 11.3. The Morgan fingerprint density at radius 1 is 1.16 bits per heavy atom. The number of tetrazole rings is 1. The zero-order valence-corrected chi connectivity index (χ0v) is 18.0. The van der Waals surface area contributed by atoms with Crippen molar-refractivity contribution in [1.82, 2.24) is 24.9 Å². The predicted octanol–water partition coefficient (Wildman–Crippen LogP) is 1.16. The SMILES string of the molecule is COCCNS(=O)(=O)c1cccc(C(=O)Nc2ccc(OC)c(-n3nnnc3C)c2)c1. The van der Waals surface area contributed by atoms with Crippen LogP contribution in [0, 0.1) is 6.92 Å². The van der Waals surface area contributed by atoms with Crippen LogP contribution in [-0.2, 0) is 14.8 Å². The lowest BCUT2D eigenvalue weighted by atomic mass is 10.2. The standard InChI is InChI=1S/C19H22N6O5S/c1-13-22-23-24-25(13)17-12-15(7-8-18(17)30-3)21-19(26)14-5-4-6-16(11-14)31(27,28)20-9-10-29-2/h4-8,11-12,20H,9-10H2,1-3H3,(H,21,26). The summed E-state index contributed by atoms with van der Waals surface area (Å²) in [6.45, 7) is 2.09. The van der Waals surface area contributed by atoms with E-state index < -0.39 is 15.9 Å². The number of hydrogen-bond acceptors (Lipinski definition) is 8. The molecule has 0 radical (unpaired) electrons. The molecule has 2 aromatic carbocycles. The summed E-state index contributed by atoms with van der Waals surface area (Å²) in [5, 5.41) is 14.1. The number of amides is 1. The van der Waals surface area contributed by atoms with E-state index in [1.807, 2.05) is 0 Å². The third-order valence-electron chi connectivity index (χ3n) is 4.30. The van der Waals surface area contributed by atoms with Gasteiger partial charge in [0.15, 0.2) is 5.82 Å². The van der Waals surface area contributed by atoms with E-state index in [4.69, 9.17) is 9.47 Å². The fourth-order valence-corrected chi connectivity index (χ4v) is 3.82. The van der Waals surface area contributed by atoms with Crippen molar-refractivity contribution in [3.8, 4) is 11.4 Å². The topological polar surface area (TPSA) is 137 Å². The Balaban J connectivity index is 1.83. The minimum Gasteiger partial charge on any atom is -0.494 e. The minimum atomic E-state index is -3.76. The quantitative estimate of drug-likeness (QED) is 0.467. The van der Waals surface area contributed by atoms with Gasteiger partial charge in [-0.3, -0.25) is 4.79 Å². The molecule has 12 heteroatoms. The van der Waals surface area contributed by atoms with Crippen molar-refractivity contribution in [1.29, 1.82) is 0 Å². The summed E-state index contributed by atoms with van der Waals surface area (Å²) in [5.74, 6) is 0.586. The van der Waals surface area contributed by atoms with Crippen molar-refractivity contribution in [3.63, 3.8) is 0 Å². The van der Waals surface area contributed by atoms with Gasteiger partial charge in [0, 0.05) is 24.9 Å². The third kappa shape index (κ3) is 5.23. The summed E-state index contributed by atoms with van der Waals surface area (Å²) < 4.78 is 38.9. The predicted molar refractivity (Wildman–Crippen MR) is 112 cm³/mol. The van der Waals surface area contributed by atoms with Crippen LogP contribution >= 0.6 is 0 Å². The highest BCUT2D eigenvalue weighted by molar-refractivity contribution is 7.89. The van der Waals surface area contributed by atoms with Gasteiger partial charge in [0.1, 0.15) is 11.4 Å². The van der Waals surface area contributed by atoms with Gasteiger partial charge in [-0.25, -0.2) is 13.1 Å². The van der Waals surface area contributed by atoms with Crippen molar-refractivity contribution in [2.24, 2.45) is 0 Å². The summed E-state index contributed by atoms with van der Waals surface area (Å²) in [7, 11) is -0.770. The van der Waals surface area contributed by atoms with Crippen molar-refractivity contribution in [3.05, 3.63) is 53.9 Å². The van der Waals surface area contributed by atoms with E-state index in [2.05, 4.69) is 25.6 Å². The smallest absolute Gasteiger partial charge is 0.255 e. The van der Waals surface area contributed by atoms with E-state index >= 15 is 0 Å². The number of aromatic nitrogens is 4. The number of hydrogen-bond donors (Lipinski definition) is 2. The number of carbonyl (C=O) groups is 1. The van der Waals surface area contributed by atoms with Gasteiger partial charge in [-0.15, -0.1) is 5.10 Å². The highest BCUT2D eigenvalue weighted by atomic mass is 32.2. The van der Waals surface area contributed by atoms with Gasteiger partial charge in [0.05, 0.1) is 18.6 Å². The van der Waals surface area contributed by atoms with Crippen molar-refractivity contribution in [2.75, 3.05) is 32.7 Å². The fraction of sp³-hybridized carbons (Fsp3) is 0.263. The number of benzene rings is 2. The van der Waals surface area contributed by atoms with Gasteiger partial charge in [-0.2, -0.15) is 4.68 Å². The van der Waals surface area contributed by atoms with Crippen LogP contribution in [-0.4, -0.2) is 61.9 Å².